The zero-order chi connectivity index (χ0) is 11.0. The summed E-state index contributed by atoms with van der Waals surface area (Å²) in [7, 11) is 0. The maximum Gasteiger partial charge on any atom is 0.234 e. The zero-order valence-corrected chi connectivity index (χ0v) is 10.0. The van der Waals surface area contributed by atoms with Crippen LogP contribution in [0.4, 0.5) is 5.69 Å². The molecule has 3 nitrogen and oxygen atoms in total. The van der Waals surface area contributed by atoms with Crippen LogP contribution in [0.15, 0.2) is 22.7 Å². The van der Waals surface area contributed by atoms with Crippen molar-refractivity contribution < 1.29 is 9.59 Å². The molecule has 0 N–H and O–H groups in total. The number of anilines is 1. The SMILES string of the molecule is O=C1CC(=O)N(c2cccc(Br)c2Cl)C1. The van der Waals surface area contributed by atoms with Gasteiger partial charge in [0, 0.05) is 4.47 Å². The van der Waals surface area contributed by atoms with Crippen LogP contribution in [0.25, 0.3) is 0 Å². The second-order valence-corrected chi connectivity index (χ2v) is 4.50. The van der Waals surface area contributed by atoms with E-state index in [1.54, 1.807) is 18.2 Å². The number of rotatable bonds is 1. The maximum absolute atomic E-state index is 11.5. The van der Waals surface area contributed by atoms with Crippen LogP contribution in [0.1, 0.15) is 6.42 Å². The summed E-state index contributed by atoms with van der Waals surface area (Å²) in [6.07, 6.45) is -0.0250. The van der Waals surface area contributed by atoms with Gasteiger partial charge >= 0.3 is 0 Å². The predicted molar refractivity (Wildman–Crippen MR) is 61.1 cm³/mol. The van der Waals surface area contributed by atoms with Crippen molar-refractivity contribution >= 4 is 44.9 Å². The first-order chi connectivity index (χ1) is 7.09. The highest BCUT2D eigenvalue weighted by Crippen LogP contribution is 2.34. The van der Waals surface area contributed by atoms with Gasteiger partial charge in [-0.2, -0.15) is 0 Å². The van der Waals surface area contributed by atoms with E-state index in [1.807, 2.05) is 0 Å². The van der Waals surface area contributed by atoms with Gasteiger partial charge in [0.1, 0.15) is 0 Å². The Hall–Kier alpha value is -0.870. The molecule has 1 aromatic carbocycles. The fourth-order valence-corrected chi connectivity index (χ4v) is 2.09. The number of carbonyl (C=O) groups is 2. The number of Topliss-reactive ketones (excluding diaryl/α,β-unsaturated/α-hetero) is 1. The van der Waals surface area contributed by atoms with Crippen LogP contribution in [0.3, 0.4) is 0 Å². The maximum atomic E-state index is 11.5. The lowest BCUT2D eigenvalue weighted by molar-refractivity contribution is -0.121. The van der Waals surface area contributed by atoms with E-state index >= 15 is 0 Å². The summed E-state index contributed by atoms with van der Waals surface area (Å²) in [5, 5.41) is 0.459. The smallest absolute Gasteiger partial charge is 0.234 e. The lowest BCUT2D eigenvalue weighted by Gasteiger charge is -2.16. The van der Waals surface area contributed by atoms with Crippen LogP contribution in [-0.2, 0) is 9.59 Å². The van der Waals surface area contributed by atoms with Crippen molar-refractivity contribution in [2.75, 3.05) is 11.4 Å². The summed E-state index contributed by atoms with van der Waals surface area (Å²) >= 11 is 9.31. The minimum Gasteiger partial charge on any atom is -0.303 e. The van der Waals surface area contributed by atoms with Crippen molar-refractivity contribution in [1.29, 1.82) is 0 Å². The number of nitrogens with zero attached hydrogens (tertiary/aromatic N) is 1. The molecule has 1 fully saturated rings. The van der Waals surface area contributed by atoms with Gasteiger partial charge < -0.3 is 4.90 Å². The molecule has 78 valence electrons. The fraction of sp³-hybridized carbons (Fsp3) is 0.200. The Kier molecular flexibility index (Phi) is 2.80. The summed E-state index contributed by atoms with van der Waals surface area (Å²) < 4.78 is 0.716. The van der Waals surface area contributed by atoms with Crippen molar-refractivity contribution in [3.8, 4) is 0 Å². The first-order valence-electron chi connectivity index (χ1n) is 4.35. The average Bonchev–Trinajstić information content (AvgIpc) is 2.50. The summed E-state index contributed by atoms with van der Waals surface area (Å²) in [6, 6.07) is 5.29. The van der Waals surface area contributed by atoms with Gasteiger partial charge in [-0.25, -0.2) is 0 Å². The molecule has 1 amide bonds. The molecule has 1 aromatic rings. The molecule has 0 bridgehead atoms. The topological polar surface area (TPSA) is 37.4 Å². The van der Waals surface area contributed by atoms with Crippen LogP contribution < -0.4 is 4.90 Å². The first-order valence-corrected chi connectivity index (χ1v) is 5.53. The molecular weight excluding hydrogens is 281 g/mol. The van der Waals surface area contributed by atoms with Crippen LogP contribution in [-0.4, -0.2) is 18.2 Å². The van der Waals surface area contributed by atoms with Gasteiger partial charge in [-0.05, 0) is 28.1 Å². The second-order valence-electron chi connectivity index (χ2n) is 3.27. The van der Waals surface area contributed by atoms with E-state index < -0.39 is 0 Å². The zero-order valence-electron chi connectivity index (χ0n) is 7.67. The van der Waals surface area contributed by atoms with E-state index in [-0.39, 0.29) is 24.7 Å². The minimum atomic E-state index is -0.194. The third-order valence-corrected chi connectivity index (χ3v) is 3.49. The predicted octanol–water partition coefficient (Wildman–Crippen LogP) is 2.41. The fourth-order valence-electron chi connectivity index (χ4n) is 1.50. The van der Waals surface area contributed by atoms with Gasteiger partial charge in [0.25, 0.3) is 0 Å². The van der Waals surface area contributed by atoms with Gasteiger partial charge in [-0.15, -0.1) is 0 Å². The molecule has 15 heavy (non-hydrogen) atoms. The number of carbonyl (C=O) groups excluding carboxylic acids is 2. The molecule has 0 aliphatic carbocycles. The van der Waals surface area contributed by atoms with E-state index in [4.69, 9.17) is 11.6 Å². The summed E-state index contributed by atoms with van der Waals surface area (Å²) in [5.41, 5.74) is 0.585. The molecule has 1 saturated heterocycles. The van der Waals surface area contributed by atoms with Crippen molar-refractivity contribution in [3.05, 3.63) is 27.7 Å². The lowest BCUT2D eigenvalue weighted by Crippen LogP contribution is -2.24. The standard InChI is InChI=1S/C10H7BrClNO2/c11-7-2-1-3-8(10(7)12)13-5-6(14)4-9(13)15/h1-3H,4-5H2. The molecule has 0 unspecified atom stereocenters. The highest BCUT2D eigenvalue weighted by atomic mass is 79.9. The van der Waals surface area contributed by atoms with Gasteiger partial charge in [0.2, 0.25) is 5.91 Å². The number of amides is 1. The van der Waals surface area contributed by atoms with Crippen LogP contribution in [0, 0.1) is 0 Å². The number of benzene rings is 1. The van der Waals surface area contributed by atoms with E-state index in [0.717, 1.165) is 0 Å². The molecular formula is C10H7BrClNO2. The number of hydrogen-bond acceptors (Lipinski definition) is 2. The molecule has 2 rings (SSSR count). The second kappa shape index (κ2) is 3.94. The summed E-state index contributed by atoms with van der Waals surface area (Å²) in [4.78, 5) is 24.0. The lowest BCUT2D eigenvalue weighted by atomic mass is 10.3. The quantitative estimate of drug-likeness (QED) is 0.744. The Morgan fingerprint density at radius 2 is 2.07 bits per heavy atom. The molecule has 0 aromatic heterocycles. The summed E-state index contributed by atoms with van der Waals surface area (Å²) in [6.45, 7) is 0.120. The van der Waals surface area contributed by atoms with Gasteiger partial charge in [-0.1, -0.05) is 17.7 Å². The average molecular weight is 289 g/mol. The molecule has 1 heterocycles. The van der Waals surface area contributed by atoms with Crippen molar-refractivity contribution in [1.82, 2.24) is 0 Å². The highest BCUT2D eigenvalue weighted by Gasteiger charge is 2.30. The molecule has 1 aliphatic heterocycles. The van der Waals surface area contributed by atoms with Gasteiger partial charge in [0.05, 0.1) is 23.7 Å². The molecule has 0 atom stereocenters. The van der Waals surface area contributed by atoms with Crippen LogP contribution >= 0.6 is 27.5 Å². The van der Waals surface area contributed by atoms with Crippen LogP contribution in [0.5, 0.6) is 0 Å². The van der Waals surface area contributed by atoms with E-state index in [0.29, 0.717) is 15.2 Å². The Morgan fingerprint density at radius 3 is 2.67 bits per heavy atom. The molecule has 1 aliphatic rings. The van der Waals surface area contributed by atoms with Crippen molar-refractivity contribution in [2.24, 2.45) is 0 Å². The van der Waals surface area contributed by atoms with Crippen LogP contribution in [0.2, 0.25) is 5.02 Å². The van der Waals surface area contributed by atoms with Crippen molar-refractivity contribution in [2.45, 2.75) is 6.42 Å². The Labute approximate surface area is 100 Å². The number of halogens is 2. The molecule has 0 saturated carbocycles. The third kappa shape index (κ3) is 1.92. The van der Waals surface area contributed by atoms with Gasteiger partial charge in [0.15, 0.2) is 5.78 Å². The molecule has 0 spiro atoms. The first kappa shape index (κ1) is 10.6. The minimum absolute atomic E-state index is 0.0250. The normalized spacial score (nSPS) is 16.3. The number of hydrogen-bond donors (Lipinski definition) is 0. The molecule has 5 heteroatoms. The van der Waals surface area contributed by atoms with Gasteiger partial charge in [-0.3, -0.25) is 9.59 Å². The Balaban J connectivity index is 2.42. The Bertz CT molecular complexity index is 447. The highest BCUT2D eigenvalue weighted by molar-refractivity contribution is 9.10. The largest absolute Gasteiger partial charge is 0.303 e. The third-order valence-electron chi connectivity index (χ3n) is 2.21. The summed E-state index contributed by atoms with van der Waals surface area (Å²) in [5.74, 6) is -0.268. The number of ketones is 1. The van der Waals surface area contributed by atoms with Crippen molar-refractivity contribution in [3.63, 3.8) is 0 Å². The Morgan fingerprint density at radius 1 is 1.33 bits per heavy atom. The molecule has 0 radical (unpaired) electrons. The van der Waals surface area contributed by atoms with E-state index in [9.17, 15) is 9.59 Å². The monoisotopic (exact) mass is 287 g/mol. The van der Waals surface area contributed by atoms with E-state index in [2.05, 4.69) is 15.9 Å². The van der Waals surface area contributed by atoms with E-state index in [1.165, 1.54) is 4.90 Å².